The van der Waals surface area contributed by atoms with E-state index < -0.39 is 0 Å². The molecule has 0 saturated heterocycles. The quantitative estimate of drug-likeness (QED) is 0.167. The van der Waals surface area contributed by atoms with Crippen molar-refractivity contribution in [3.63, 3.8) is 0 Å². The third-order valence-corrected chi connectivity index (χ3v) is 12.2. The lowest BCUT2D eigenvalue weighted by Crippen LogP contribution is -2.14. The second-order valence-electron chi connectivity index (χ2n) is 15.3. The first kappa shape index (κ1) is 29.0. The van der Waals surface area contributed by atoms with Crippen LogP contribution in [0, 0.1) is 0 Å². The number of hydrogen-bond donors (Lipinski definition) is 0. The Morgan fingerprint density at radius 1 is 0.415 bits per heavy atom. The number of rotatable bonds is 2. The van der Waals surface area contributed by atoms with Crippen LogP contribution in [0.3, 0.4) is 0 Å². The van der Waals surface area contributed by atoms with Crippen LogP contribution in [0.1, 0.15) is 25.0 Å². The normalized spacial score (nSPS) is 13.6. The Bertz CT molecular complexity index is 3320. The van der Waals surface area contributed by atoms with E-state index in [0.717, 1.165) is 16.9 Å². The average Bonchev–Trinajstić information content (AvgIpc) is 3.82. The molecular formula is C51H33NO. The fourth-order valence-corrected chi connectivity index (χ4v) is 9.67. The van der Waals surface area contributed by atoms with Crippen molar-refractivity contribution in [2.75, 3.05) is 0 Å². The first-order valence-corrected chi connectivity index (χ1v) is 18.5. The fourth-order valence-electron chi connectivity index (χ4n) is 9.67. The molecule has 0 aliphatic heterocycles. The van der Waals surface area contributed by atoms with Crippen molar-refractivity contribution in [3.8, 4) is 27.9 Å². The number of fused-ring (bicyclic) bond motifs is 16. The summed E-state index contributed by atoms with van der Waals surface area (Å²) in [6.45, 7) is 4.74. The largest absolute Gasteiger partial charge is 0.456 e. The Kier molecular flexibility index (Phi) is 5.60. The van der Waals surface area contributed by atoms with Gasteiger partial charge in [0.05, 0.1) is 11.0 Å². The van der Waals surface area contributed by atoms with Crippen LogP contribution in [0.4, 0.5) is 0 Å². The highest BCUT2D eigenvalue weighted by Crippen LogP contribution is 2.54. The van der Waals surface area contributed by atoms with Crippen LogP contribution in [-0.2, 0) is 5.41 Å². The number of furan rings is 1. The monoisotopic (exact) mass is 675 g/mol. The molecule has 0 radical (unpaired) electrons. The van der Waals surface area contributed by atoms with E-state index >= 15 is 0 Å². The molecular weight excluding hydrogens is 643 g/mol. The molecule has 2 nitrogen and oxygen atoms in total. The van der Waals surface area contributed by atoms with Gasteiger partial charge in [-0.05, 0) is 114 Å². The summed E-state index contributed by atoms with van der Waals surface area (Å²) in [5.74, 6) is 0. The zero-order valence-corrected chi connectivity index (χ0v) is 29.4. The van der Waals surface area contributed by atoms with Gasteiger partial charge >= 0.3 is 0 Å². The molecule has 248 valence electrons. The summed E-state index contributed by atoms with van der Waals surface area (Å²) < 4.78 is 8.88. The number of para-hydroxylation sites is 2. The number of aromatic nitrogens is 1. The molecule has 12 rings (SSSR count). The van der Waals surface area contributed by atoms with Gasteiger partial charge in [-0.2, -0.15) is 0 Å². The second-order valence-corrected chi connectivity index (χ2v) is 15.3. The summed E-state index contributed by atoms with van der Waals surface area (Å²) in [5.41, 5.74) is 13.1. The molecule has 2 heterocycles. The minimum atomic E-state index is -0.145. The summed E-state index contributed by atoms with van der Waals surface area (Å²) >= 11 is 0. The lowest BCUT2D eigenvalue weighted by molar-refractivity contribution is 0.658. The highest BCUT2D eigenvalue weighted by atomic mass is 16.3. The maximum absolute atomic E-state index is 6.44. The van der Waals surface area contributed by atoms with Gasteiger partial charge in [-0.15, -0.1) is 0 Å². The van der Waals surface area contributed by atoms with Crippen molar-refractivity contribution < 1.29 is 4.42 Å². The molecule has 0 atom stereocenters. The van der Waals surface area contributed by atoms with Gasteiger partial charge in [0, 0.05) is 32.6 Å². The van der Waals surface area contributed by atoms with Crippen molar-refractivity contribution in [2.24, 2.45) is 0 Å². The van der Waals surface area contributed by atoms with E-state index in [9.17, 15) is 0 Å². The molecule has 0 unspecified atom stereocenters. The minimum absolute atomic E-state index is 0.145. The van der Waals surface area contributed by atoms with Crippen molar-refractivity contribution >= 4 is 76.1 Å². The maximum atomic E-state index is 6.44. The topological polar surface area (TPSA) is 18.1 Å². The van der Waals surface area contributed by atoms with Gasteiger partial charge in [0.1, 0.15) is 11.2 Å². The van der Waals surface area contributed by atoms with Gasteiger partial charge in [0.25, 0.3) is 0 Å². The number of nitrogens with zero attached hydrogens (tertiary/aromatic N) is 1. The van der Waals surface area contributed by atoms with Gasteiger partial charge in [-0.1, -0.05) is 129 Å². The standard InChI is InChI=1S/C51H33NO/c1-51(2)43-25-26-46-50(49(43)42-29-48-41(28-44(42)51)38-15-8-10-18-47(38)53-48)39-16-7-9-17-45(39)52(46)32-22-19-30(20-23-32)31-21-24-37-35-13-4-3-11-33(35)34-12-5-6-14-36(34)40(37)27-31/h3-29H,1-2H3. The van der Waals surface area contributed by atoms with Gasteiger partial charge in [0.2, 0.25) is 0 Å². The molecule has 0 N–H and O–H groups in total. The van der Waals surface area contributed by atoms with Crippen molar-refractivity contribution in [1.82, 2.24) is 4.57 Å². The zero-order chi connectivity index (χ0) is 35.0. The fraction of sp³-hybridized carbons (Fsp3) is 0.0588. The van der Waals surface area contributed by atoms with E-state index in [4.69, 9.17) is 4.42 Å². The van der Waals surface area contributed by atoms with Crippen LogP contribution in [0.25, 0.3) is 104 Å². The van der Waals surface area contributed by atoms with Gasteiger partial charge in [0.15, 0.2) is 0 Å². The predicted octanol–water partition coefficient (Wildman–Crippen LogP) is 14.1. The zero-order valence-electron chi connectivity index (χ0n) is 29.4. The van der Waals surface area contributed by atoms with E-state index in [-0.39, 0.29) is 5.41 Å². The Morgan fingerprint density at radius 3 is 1.75 bits per heavy atom. The minimum Gasteiger partial charge on any atom is -0.456 e. The number of benzene rings is 9. The van der Waals surface area contributed by atoms with Gasteiger partial charge in [-0.3, -0.25) is 0 Å². The smallest absolute Gasteiger partial charge is 0.136 e. The molecule has 1 aliphatic rings. The Hall–Kier alpha value is -6.64. The van der Waals surface area contributed by atoms with E-state index in [1.807, 2.05) is 6.07 Å². The van der Waals surface area contributed by atoms with E-state index in [1.165, 1.54) is 98.3 Å². The molecule has 1 aliphatic carbocycles. The highest BCUT2D eigenvalue weighted by molar-refractivity contribution is 6.26. The molecule has 2 heteroatoms. The Morgan fingerprint density at radius 2 is 1.02 bits per heavy atom. The molecule has 2 aromatic heterocycles. The Labute approximate surface area is 306 Å². The lowest BCUT2D eigenvalue weighted by atomic mass is 9.82. The second kappa shape index (κ2) is 10.2. The molecule has 0 fully saturated rings. The van der Waals surface area contributed by atoms with Crippen LogP contribution in [0.2, 0.25) is 0 Å². The van der Waals surface area contributed by atoms with Crippen molar-refractivity contribution in [3.05, 3.63) is 175 Å². The summed E-state index contributed by atoms with van der Waals surface area (Å²) in [5, 5.41) is 12.7. The molecule has 0 bridgehead atoms. The van der Waals surface area contributed by atoms with E-state index in [2.05, 4.69) is 176 Å². The maximum Gasteiger partial charge on any atom is 0.136 e. The highest BCUT2D eigenvalue weighted by Gasteiger charge is 2.38. The SMILES string of the molecule is CC1(C)c2cc3c(cc2-c2c1ccc1c2c2ccccc2n1-c1ccc(-c2ccc4c5ccccc5c5ccccc5c4c2)cc1)oc1ccccc13. The predicted molar refractivity (Wildman–Crippen MR) is 224 cm³/mol. The van der Waals surface area contributed by atoms with E-state index in [1.54, 1.807) is 0 Å². The lowest BCUT2D eigenvalue weighted by Gasteiger charge is -2.21. The van der Waals surface area contributed by atoms with Crippen LogP contribution in [-0.4, -0.2) is 4.57 Å². The molecule has 11 aromatic rings. The van der Waals surface area contributed by atoms with Gasteiger partial charge in [-0.25, -0.2) is 0 Å². The van der Waals surface area contributed by atoms with Crippen molar-refractivity contribution in [2.45, 2.75) is 19.3 Å². The number of hydrogen-bond acceptors (Lipinski definition) is 1. The van der Waals surface area contributed by atoms with Crippen LogP contribution >= 0.6 is 0 Å². The summed E-state index contributed by atoms with van der Waals surface area (Å²) in [4.78, 5) is 0. The molecule has 53 heavy (non-hydrogen) atoms. The molecule has 0 saturated carbocycles. The summed E-state index contributed by atoms with van der Waals surface area (Å²) in [6.07, 6.45) is 0. The summed E-state index contributed by atoms with van der Waals surface area (Å²) in [6, 6.07) is 60.3. The Balaban J connectivity index is 1.04. The third-order valence-electron chi connectivity index (χ3n) is 12.2. The van der Waals surface area contributed by atoms with Crippen LogP contribution in [0.5, 0.6) is 0 Å². The molecule has 0 amide bonds. The molecule has 0 spiro atoms. The molecule has 9 aromatic carbocycles. The van der Waals surface area contributed by atoms with E-state index in [0.29, 0.717) is 0 Å². The van der Waals surface area contributed by atoms with Crippen molar-refractivity contribution in [1.29, 1.82) is 0 Å². The van der Waals surface area contributed by atoms with Crippen LogP contribution < -0.4 is 0 Å². The third kappa shape index (κ3) is 3.82. The van der Waals surface area contributed by atoms with Crippen LogP contribution in [0.15, 0.2) is 168 Å². The first-order chi connectivity index (χ1) is 26.0. The first-order valence-electron chi connectivity index (χ1n) is 18.5. The van der Waals surface area contributed by atoms with Gasteiger partial charge < -0.3 is 8.98 Å². The average molecular weight is 676 g/mol. The summed E-state index contributed by atoms with van der Waals surface area (Å²) in [7, 11) is 0.